The van der Waals surface area contributed by atoms with Crippen LogP contribution in [0.3, 0.4) is 0 Å². The van der Waals surface area contributed by atoms with Crippen LogP contribution in [0.1, 0.15) is 38.7 Å². The molecule has 3 aliphatic heterocycles. The van der Waals surface area contributed by atoms with Crippen molar-refractivity contribution in [3.63, 3.8) is 0 Å². The summed E-state index contributed by atoms with van der Waals surface area (Å²) in [5, 5.41) is 20.6. The minimum Gasteiger partial charge on any atom is -0.489 e. The molecule has 4 aromatic rings. The van der Waals surface area contributed by atoms with Gasteiger partial charge in [0.15, 0.2) is 11.6 Å². The molecule has 3 aliphatic rings. The summed E-state index contributed by atoms with van der Waals surface area (Å²) in [5.41, 5.74) is 3.01. The minimum absolute atomic E-state index is 0.00426. The van der Waals surface area contributed by atoms with Crippen LogP contribution in [0.5, 0.6) is 11.8 Å². The van der Waals surface area contributed by atoms with Crippen molar-refractivity contribution in [2.24, 2.45) is 0 Å². The molecule has 16 heteroatoms. The molecule has 2 aromatic carbocycles. The molecule has 3 atom stereocenters. The summed E-state index contributed by atoms with van der Waals surface area (Å²) in [4.78, 5) is 12.0. The number of benzene rings is 2. The Hall–Kier alpha value is -3.71. The highest BCUT2D eigenvalue weighted by molar-refractivity contribution is 7.23. The Labute approximate surface area is 280 Å². The number of hydrogen-bond acceptors (Lipinski definition) is 10. The summed E-state index contributed by atoms with van der Waals surface area (Å²) < 4.78 is 87.0. The molecule has 0 bridgehead atoms. The number of fused-ring (bicyclic) bond motifs is 2. The first kappa shape index (κ1) is 32.8. The fourth-order valence-electron chi connectivity index (χ4n) is 7.38. The lowest BCUT2D eigenvalue weighted by Gasteiger charge is -2.38. The quantitative estimate of drug-likeness (QED) is 0.209. The van der Waals surface area contributed by atoms with Gasteiger partial charge in [0.05, 0.1) is 44.4 Å². The maximum absolute atomic E-state index is 17.1. The number of halogens is 6. The molecule has 0 aliphatic carbocycles. The van der Waals surface area contributed by atoms with Crippen LogP contribution in [0.25, 0.3) is 32.1 Å². The Morgan fingerprint density at radius 2 is 2.06 bits per heavy atom. The van der Waals surface area contributed by atoms with Crippen molar-refractivity contribution in [2.45, 2.75) is 62.9 Å². The van der Waals surface area contributed by atoms with E-state index in [1.807, 2.05) is 11.0 Å². The maximum atomic E-state index is 17.1. The number of aromatic nitrogens is 2. The van der Waals surface area contributed by atoms with Gasteiger partial charge in [-0.3, -0.25) is 4.90 Å². The summed E-state index contributed by atoms with van der Waals surface area (Å²) in [6.45, 7) is 2.45. The zero-order chi connectivity index (χ0) is 34.3. The molecule has 0 amide bonds. The van der Waals surface area contributed by atoms with E-state index in [0.717, 1.165) is 28.7 Å². The molecular formula is C32H30ClF5N6O3S. The zero-order valence-electron chi connectivity index (χ0n) is 25.8. The number of nitrogens with two attached hydrogens (primary N) is 1. The molecule has 0 saturated carbocycles. The van der Waals surface area contributed by atoms with Gasteiger partial charge in [-0.15, -0.1) is 11.3 Å². The predicted molar refractivity (Wildman–Crippen MR) is 172 cm³/mol. The second-order valence-corrected chi connectivity index (χ2v) is 14.5. The Balaban J connectivity index is 1.49. The van der Waals surface area contributed by atoms with Crippen molar-refractivity contribution in [3.05, 3.63) is 34.4 Å². The molecule has 2 aromatic heterocycles. The fourth-order valence-corrected chi connectivity index (χ4v) is 8.67. The SMILES string of the molecule is CC(C)(O)C1COc2c(Cl)c(-c3ccc(F)c4sc(N)c(C#N)c34)c(F)c3nc(OC[C@@]45CCCN4C[C@H](F)C5)nc(c23)N1CC(F)F. The smallest absolute Gasteiger partial charge is 0.319 e. The summed E-state index contributed by atoms with van der Waals surface area (Å²) in [6.07, 6.45) is -2.25. The average molecular weight is 709 g/mol. The average Bonchev–Trinajstić information content (AvgIpc) is 3.62. The molecule has 48 heavy (non-hydrogen) atoms. The fraction of sp³-hybridized carbons (Fsp3) is 0.469. The number of alkyl halides is 3. The van der Waals surface area contributed by atoms with Crippen LogP contribution in [0.15, 0.2) is 12.1 Å². The number of nitrogen functional groups attached to an aromatic ring is 1. The third-order valence-corrected chi connectivity index (χ3v) is 10.9. The second kappa shape index (κ2) is 11.7. The van der Waals surface area contributed by atoms with Crippen LogP contribution in [-0.2, 0) is 0 Å². The van der Waals surface area contributed by atoms with Crippen molar-refractivity contribution in [3.8, 4) is 29.0 Å². The number of aliphatic hydroxyl groups is 1. The van der Waals surface area contributed by atoms with Crippen LogP contribution in [0.2, 0.25) is 5.02 Å². The van der Waals surface area contributed by atoms with Crippen molar-refractivity contribution in [1.82, 2.24) is 14.9 Å². The van der Waals surface area contributed by atoms with Crippen molar-refractivity contribution >= 4 is 54.7 Å². The highest BCUT2D eigenvalue weighted by Crippen LogP contribution is 2.51. The van der Waals surface area contributed by atoms with Gasteiger partial charge in [0.1, 0.15) is 47.6 Å². The van der Waals surface area contributed by atoms with Gasteiger partial charge in [0, 0.05) is 23.9 Å². The molecule has 9 nitrogen and oxygen atoms in total. The number of hydrogen-bond donors (Lipinski definition) is 2. The van der Waals surface area contributed by atoms with E-state index in [4.69, 9.17) is 26.8 Å². The minimum atomic E-state index is -2.91. The van der Waals surface area contributed by atoms with Crippen LogP contribution >= 0.6 is 22.9 Å². The standard InChI is InChI=1S/C32H30ClF5N6O3S/c1-31(2,45)18-12-46-26-22-25(24(38)21(23(26)33)15-4-5-17(35)27-20(15)16(9-39)28(40)48-27)41-30(42-29(22)44(18)11-19(36)37)47-13-32-6-3-7-43(32)10-14(34)8-32/h4-5,14,18-19,45H,3,6-8,10-13,40H2,1-2H3/t14-,18?,32+/m1/s1. The molecule has 0 radical (unpaired) electrons. The molecule has 1 unspecified atom stereocenters. The lowest BCUT2D eigenvalue weighted by atomic mass is 9.95. The van der Waals surface area contributed by atoms with E-state index in [-0.39, 0.29) is 85.9 Å². The van der Waals surface area contributed by atoms with Crippen molar-refractivity contribution in [1.29, 1.82) is 5.26 Å². The van der Waals surface area contributed by atoms with Gasteiger partial charge in [-0.1, -0.05) is 17.7 Å². The van der Waals surface area contributed by atoms with E-state index in [9.17, 15) is 27.9 Å². The first-order valence-electron chi connectivity index (χ1n) is 15.3. The first-order valence-corrected chi connectivity index (χ1v) is 16.5. The van der Waals surface area contributed by atoms with Crippen LogP contribution in [0, 0.1) is 23.0 Å². The van der Waals surface area contributed by atoms with Gasteiger partial charge in [0.2, 0.25) is 0 Å². The molecule has 2 saturated heterocycles. The Morgan fingerprint density at radius 3 is 2.77 bits per heavy atom. The zero-order valence-corrected chi connectivity index (χ0v) is 27.4. The van der Waals surface area contributed by atoms with E-state index in [1.165, 1.54) is 19.9 Å². The van der Waals surface area contributed by atoms with Crippen LogP contribution in [0.4, 0.5) is 32.8 Å². The van der Waals surface area contributed by atoms with Crippen LogP contribution in [-0.4, -0.2) is 82.6 Å². The van der Waals surface area contributed by atoms with Crippen molar-refractivity contribution < 1.29 is 36.5 Å². The van der Waals surface area contributed by atoms with Crippen molar-refractivity contribution in [2.75, 3.05) is 43.5 Å². The van der Waals surface area contributed by atoms with Gasteiger partial charge in [-0.2, -0.15) is 15.2 Å². The highest BCUT2D eigenvalue weighted by atomic mass is 35.5. The lowest BCUT2D eigenvalue weighted by Crippen LogP contribution is -2.54. The molecule has 254 valence electrons. The summed E-state index contributed by atoms with van der Waals surface area (Å²) >= 11 is 7.72. The maximum Gasteiger partial charge on any atom is 0.319 e. The third-order valence-electron chi connectivity index (χ3n) is 9.56. The number of rotatable bonds is 7. The number of nitriles is 1. The van der Waals surface area contributed by atoms with Gasteiger partial charge in [0.25, 0.3) is 6.43 Å². The van der Waals surface area contributed by atoms with E-state index in [1.54, 1.807) is 0 Å². The molecular weight excluding hydrogens is 679 g/mol. The first-order chi connectivity index (χ1) is 22.7. The Bertz CT molecular complexity index is 2000. The molecule has 0 spiro atoms. The summed E-state index contributed by atoms with van der Waals surface area (Å²) in [5.74, 6) is -2.09. The second-order valence-electron chi connectivity index (χ2n) is 13.0. The largest absolute Gasteiger partial charge is 0.489 e. The molecule has 7 rings (SSSR count). The number of anilines is 2. The number of nitrogens with zero attached hydrogens (tertiary/aromatic N) is 5. The van der Waals surface area contributed by atoms with Gasteiger partial charge in [-0.05, 0) is 44.9 Å². The Kier molecular flexibility index (Phi) is 8.01. The number of ether oxygens (including phenoxy) is 2. The van der Waals surface area contributed by atoms with E-state index < -0.39 is 53.5 Å². The third kappa shape index (κ3) is 5.15. The molecule has 5 heterocycles. The molecule has 2 fully saturated rings. The van der Waals surface area contributed by atoms with Crippen LogP contribution < -0.4 is 20.1 Å². The topological polar surface area (TPSA) is 121 Å². The van der Waals surface area contributed by atoms with Gasteiger partial charge < -0.3 is 25.2 Å². The number of thiophene rings is 1. The summed E-state index contributed by atoms with van der Waals surface area (Å²) in [7, 11) is 0. The normalized spacial score (nSPS) is 22.7. The lowest BCUT2D eigenvalue weighted by molar-refractivity contribution is 0.0267. The van der Waals surface area contributed by atoms with E-state index in [0.29, 0.717) is 13.0 Å². The Morgan fingerprint density at radius 1 is 1.29 bits per heavy atom. The van der Waals surface area contributed by atoms with E-state index >= 15 is 4.39 Å². The predicted octanol–water partition coefficient (Wildman–Crippen LogP) is 6.46. The molecule has 3 N–H and O–H groups in total. The summed E-state index contributed by atoms with van der Waals surface area (Å²) in [6, 6.07) is 2.81. The van der Waals surface area contributed by atoms with Gasteiger partial charge >= 0.3 is 6.01 Å². The van der Waals surface area contributed by atoms with E-state index in [2.05, 4.69) is 9.97 Å². The van der Waals surface area contributed by atoms with Gasteiger partial charge in [-0.25, -0.2) is 22.0 Å². The monoisotopic (exact) mass is 708 g/mol. The highest BCUT2D eigenvalue weighted by Gasteiger charge is 2.49.